The smallest absolute Gasteiger partial charge is 0.275 e. The number of aryl methyl sites for hydroxylation is 2. The molecule has 0 unspecified atom stereocenters. The Bertz CT molecular complexity index is 1150. The summed E-state index contributed by atoms with van der Waals surface area (Å²) in [4.78, 5) is 34.0. The number of amides is 1. The number of pyridine rings is 1. The van der Waals surface area contributed by atoms with E-state index in [0.29, 0.717) is 28.9 Å². The molecule has 156 valence electrons. The average Bonchev–Trinajstić information content (AvgIpc) is 2.76. The Balaban J connectivity index is 1.58. The number of hydrogen-bond acceptors (Lipinski definition) is 5. The fourth-order valence-corrected chi connectivity index (χ4v) is 4.13. The van der Waals surface area contributed by atoms with Gasteiger partial charge < -0.3 is 9.80 Å². The number of halogens is 1. The molecule has 1 amide bonds. The highest BCUT2D eigenvalue weighted by molar-refractivity contribution is 6.31. The van der Waals surface area contributed by atoms with Gasteiger partial charge in [0, 0.05) is 49.8 Å². The van der Waals surface area contributed by atoms with E-state index in [1.54, 1.807) is 30.1 Å². The zero-order valence-electron chi connectivity index (χ0n) is 17.1. The third-order valence-electron chi connectivity index (χ3n) is 5.53. The maximum absolute atomic E-state index is 13.3. The molecular weight excluding hydrogens is 402 g/mol. The molecule has 1 fully saturated rings. The van der Waals surface area contributed by atoms with Crippen LogP contribution in [0.5, 0.6) is 0 Å². The van der Waals surface area contributed by atoms with Crippen LogP contribution in [0, 0.1) is 0 Å². The zero-order chi connectivity index (χ0) is 21.3. The minimum Gasteiger partial charge on any atom is -0.367 e. The van der Waals surface area contributed by atoms with Crippen LogP contribution in [-0.2, 0) is 13.5 Å². The van der Waals surface area contributed by atoms with Crippen LogP contribution in [-0.4, -0.2) is 51.8 Å². The van der Waals surface area contributed by atoms with E-state index in [1.165, 1.54) is 10.2 Å². The molecule has 0 saturated carbocycles. The lowest BCUT2D eigenvalue weighted by Crippen LogP contribution is -2.49. The predicted molar refractivity (Wildman–Crippen MR) is 118 cm³/mol. The van der Waals surface area contributed by atoms with Crippen molar-refractivity contribution in [1.29, 1.82) is 0 Å². The molecule has 1 aliphatic rings. The van der Waals surface area contributed by atoms with Gasteiger partial charge in [0.1, 0.15) is 0 Å². The predicted octanol–water partition coefficient (Wildman–Crippen LogP) is 2.90. The summed E-state index contributed by atoms with van der Waals surface area (Å²) in [6.07, 6.45) is 5.82. The number of benzene rings is 1. The van der Waals surface area contributed by atoms with E-state index < -0.39 is 0 Å². The first-order chi connectivity index (χ1) is 14.5. The number of rotatable bonds is 4. The quantitative estimate of drug-likeness (QED) is 0.642. The molecule has 0 radical (unpaired) electrons. The molecule has 3 aromatic rings. The Hall–Kier alpha value is -2.93. The average molecular weight is 426 g/mol. The summed E-state index contributed by atoms with van der Waals surface area (Å²) in [5.74, 6) is -0.183. The standard InChI is InChI=1S/C22H24ClN5O2/c1-3-4-15-7-8-24-14-19(15)27-9-11-28(12-10-27)22(30)20-18-13-16(23)5-6-17(18)21(29)26(2)25-20/h5-8,13-14H,3-4,9-12H2,1-2H3. The van der Waals surface area contributed by atoms with Crippen LogP contribution in [0.4, 0.5) is 5.69 Å². The molecule has 1 saturated heterocycles. The highest BCUT2D eigenvalue weighted by Crippen LogP contribution is 2.24. The van der Waals surface area contributed by atoms with Gasteiger partial charge in [0.2, 0.25) is 0 Å². The van der Waals surface area contributed by atoms with Crippen molar-refractivity contribution >= 4 is 34.0 Å². The number of aromatic nitrogens is 3. The summed E-state index contributed by atoms with van der Waals surface area (Å²) < 4.78 is 1.21. The molecule has 4 rings (SSSR count). The third kappa shape index (κ3) is 3.77. The fourth-order valence-electron chi connectivity index (χ4n) is 3.96. The van der Waals surface area contributed by atoms with Crippen molar-refractivity contribution in [3.63, 3.8) is 0 Å². The SMILES string of the molecule is CCCc1ccncc1N1CCN(C(=O)c2nn(C)c(=O)c3ccc(Cl)cc23)CC1. The number of carbonyl (C=O) groups is 1. The second kappa shape index (κ2) is 8.44. The van der Waals surface area contributed by atoms with Crippen molar-refractivity contribution in [3.8, 4) is 0 Å². The number of anilines is 1. The van der Waals surface area contributed by atoms with Crippen LogP contribution in [0.15, 0.2) is 41.5 Å². The number of hydrogen-bond donors (Lipinski definition) is 0. The van der Waals surface area contributed by atoms with Crippen molar-refractivity contribution < 1.29 is 4.79 Å². The molecule has 0 atom stereocenters. The van der Waals surface area contributed by atoms with Gasteiger partial charge in [0.15, 0.2) is 5.69 Å². The van der Waals surface area contributed by atoms with Gasteiger partial charge in [0.25, 0.3) is 11.5 Å². The summed E-state index contributed by atoms with van der Waals surface area (Å²) in [7, 11) is 1.56. The van der Waals surface area contributed by atoms with Crippen LogP contribution in [0.25, 0.3) is 10.8 Å². The Kier molecular flexibility index (Phi) is 5.72. The van der Waals surface area contributed by atoms with Gasteiger partial charge in [-0.15, -0.1) is 0 Å². The van der Waals surface area contributed by atoms with Crippen LogP contribution in [0.1, 0.15) is 29.4 Å². The van der Waals surface area contributed by atoms with Gasteiger partial charge in [-0.2, -0.15) is 5.10 Å². The van der Waals surface area contributed by atoms with Gasteiger partial charge in [0.05, 0.1) is 17.3 Å². The summed E-state index contributed by atoms with van der Waals surface area (Å²) in [6, 6.07) is 7.01. The maximum Gasteiger partial charge on any atom is 0.275 e. The number of nitrogens with zero attached hydrogens (tertiary/aromatic N) is 5. The van der Waals surface area contributed by atoms with E-state index in [0.717, 1.165) is 31.6 Å². The Morgan fingerprint density at radius 3 is 2.63 bits per heavy atom. The minimum absolute atomic E-state index is 0.183. The normalized spacial score (nSPS) is 14.4. The highest BCUT2D eigenvalue weighted by atomic mass is 35.5. The maximum atomic E-state index is 13.3. The Morgan fingerprint density at radius 1 is 1.13 bits per heavy atom. The number of carbonyl (C=O) groups excluding carboxylic acids is 1. The summed E-state index contributed by atoms with van der Waals surface area (Å²) in [6.45, 7) is 4.76. The lowest BCUT2D eigenvalue weighted by Gasteiger charge is -2.36. The van der Waals surface area contributed by atoms with Gasteiger partial charge in [-0.05, 0) is 36.2 Å². The van der Waals surface area contributed by atoms with Crippen LogP contribution >= 0.6 is 11.6 Å². The summed E-state index contributed by atoms with van der Waals surface area (Å²) >= 11 is 6.13. The zero-order valence-corrected chi connectivity index (χ0v) is 17.9. The van der Waals surface area contributed by atoms with Crippen molar-refractivity contribution in [2.75, 3.05) is 31.1 Å². The Morgan fingerprint density at radius 2 is 1.90 bits per heavy atom. The Labute approximate surface area is 179 Å². The number of piperazine rings is 1. The topological polar surface area (TPSA) is 71.3 Å². The molecule has 1 aromatic carbocycles. The molecule has 7 nitrogen and oxygen atoms in total. The number of fused-ring (bicyclic) bond motifs is 1. The molecule has 8 heteroatoms. The van der Waals surface area contributed by atoms with E-state index >= 15 is 0 Å². The third-order valence-corrected chi connectivity index (χ3v) is 5.76. The lowest BCUT2D eigenvalue weighted by atomic mass is 10.1. The van der Waals surface area contributed by atoms with Crippen LogP contribution in [0.3, 0.4) is 0 Å². The van der Waals surface area contributed by atoms with Crippen LogP contribution < -0.4 is 10.5 Å². The largest absolute Gasteiger partial charge is 0.367 e. The molecule has 2 aromatic heterocycles. The monoisotopic (exact) mass is 425 g/mol. The molecule has 0 bridgehead atoms. The van der Waals surface area contributed by atoms with Crippen molar-refractivity contribution in [1.82, 2.24) is 19.7 Å². The molecule has 0 N–H and O–H groups in total. The van der Waals surface area contributed by atoms with Crippen molar-refractivity contribution in [2.24, 2.45) is 7.05 Å². The van der Waals surface area contributed by atoms with E-state index in [9.17, 15) is 9.59 Å². The molecule has 30 heavy (non-hydrogen) atoms. The van der Waals surface area contributed by atoms with Crippen LogP contribution in [0.2, 0.25) is 5.02 Å². The first kappa shape index (κ1) is 20.3. The van der Waals surface area contributed by atoms with Gasteiger partial charge in [-0.3, -0.25) is 14.6 Å². The lowest BCUT2D eigenvalue weighted by molar-refractivity contribution is 0.0740. The van der Waals surface area contributed by atoms with E-state index in [1.807, 2.05) is 12.4 Å². The fraction of sp³-hybridized carbons (Fsp3) is 0.364. The van der Waals surface area contributed by atoms with E-state index in [2.05, 4.69) is 28.0 Å². The first-order valence-electron chi connectivity index (χ1n) is 10.1. The molecule has 0 spiro atoms. The minimum atomic E-state index is -0.247. The van der Waals surface area contributed by atoms with Crippen molar-refractivity contribution in [2.45, 2.75) is 19.8 Å². The second-order valence-electron chi connectivity index (χ2n) is 7.50. The summed E-state index contributed by atoms with van der Waals surface area (Å²) in [5, 5.41) is 5.67. The highest BCUT2D eigenvalue weighted by Gasteiger charge is 2.26. The van der Waals surface area contributed by atoms with E-state index in [-0.39, 0.29) is 17.2 Å². The van der Waals surface area contributed by atoms with Gasteiger partial charge in [-0.1, -0.05) is 24.9 Å². The van der Waals surface area contributed by atoms with E-state index in [4.69, 9.17) is 11.6 Å². The summed E-state index contributed by atoms with van der Waals surface area (Å²) in [5.41, 5.74) is 2.44. The molecule has 1 aliphatic heterocycles. The van der Waals surface area contributed by atoms with Gasteiger partial charge >= 0.3 is 0 Å². The first-order valence-corrected chi connectivity index (χ1v) is 10.5. The molecule has 3 heterocycles. The molecule has 0 aliphatic carbocycles. The molecular formula is C22H24ClN5O2. The van der Waals surface area contributed by atoms with Gasteiger partial charge in [-0.25, -0.2) is 4.68 Å². The van der Waals surface area contributed by atoms with Crippen molar-refractivity contribution in [3.05, 3.63) is 63.3 Å². The second-order valence-corrected chi connectivity index (χ2v) is 7.94.